The normalized spacial score (nSPS) is 18.7. The number of likely N-dealkylation sites (tertiary alicyclic amines) is 1. The van der Waals surface area contributed by atoms with Crippen LogP contribution in [-0.2, 0) is 0 Å². The van der Waals surface area contributed by atoms with E-state index >= 15 is 0 Å². The molecule has 0 spiro atoms. The molecule has 23 heavy (non-hydrogen) atoms. The van der Waals surface area contributed by atoms with Gasteiger partial charge in [0, 0.05) is 25.3 Å². The van der Waals surface area contributed by atoms with Crippen LogP contribution >= 0.6 is 0 Å². The zero-order chi connectivity index (χ0) is 17.0. The third kappa shape index (κ3) is 4.86. The van der Waals surface area contributed by atoms with Crippen LogP contribution < -0.4 is 5.73 Å². The Kier molecular flexibility index (Phi) is 5.51. The third-order valence-electron chi connectivity index (χ3n) is 4.13. The number of benzene rings is 1. The van der Waals surface area contributed by atoms with E-state index in [-0.39, 0.29) is 11.8 Å². The number of anilines is 1. The summed E-state index contributed by atoms with van der Waals surface area (Å²) in [5.74, 6) is -0.0874. The SMILES string of the molecule is CCN(CC1CCN(C(=O)c2ccccc2N)C1)CC(F)(F)F. The lowest BCUT2D eigenvalue weighted by atomic mass is 10.1. The van der Waals surface area contributed by atoms with Gasteiger partial charge in [0.15, 0.2) is 0 Å². The first-order chi connectivity index (χ1) is 10.8. The Bertz CT molecular complexity index is 548. The van der Waals surface area contributed by atoms with E-state index < -0.39 is 12.7 Å². The number of para-hydroxylation sites is 1. The maximum absolute atomic E-state index is 12.5. The average molecular weight is 329 g/mol. The number of carbonyl (C=O) groups excluding carboxylic acids is 1. The van der Waals surface area contributed by atoms with Crippen LogP contribution in [0.5, 0.6) is 0 Å². The van der Waals surface area contributed by atoms with Crippen molar-refractivity contribution >= 4 is 11.6 Å². The number of hydrogen-bond donors (Lipinski definition) is 1. The van der Waals surface area contributed by atoms with E-state index in [1.165, 1.54) is 4.90 Å². The van der Waals surface area contributed by atoms with Gasteiger partial charge in [-0.2, -0.15) is 13.2 Å². The molecule has 1 heterocycles. The molecule has 0 saturated carbocycles. The molecule has 0 aliphatic carbocycles. The van der Waals surface area contributed by atoms with Crippen molar-refractivity contribution in [2.45, 2.75) is 19.5 Å². The lowest BCUT2D eigenvalue weighted by Gasteiger charge is -2.25. The summed E-state index contributed by atoms with van der Waals surface area (Å²) < 4.78 is 37.6. The van der Waals surface area contributed by atoms with Gasteiger partial charge in [0.25, 0.3) is 5.91 Å². The maximum Gasteiger partial charge on any atom is 0.401 e. The highest BCUT2D eigenvalue weighted by molar-refractivity contribution is 5.99. The molecule has 1 aliphatic rings. The lowest BCUT2D eigenvalue weighted by Crippen LogP contribution is -2.38. The molecule has 1 aromatic rings. The van der Waals surface area contributed by atoms with Gasteiger partial charge in [-0.05, 0) is 31.0 Å². The Morgan fingerprint density at radius 3 is 2.70 bits per heavy atom. The summed E-state index contributed by atoms with van der Waals surface area (Å²) in [5, 5.41) is 0. The molecule has 2 rings (SSSR count). The van der Waals surface area contributed by atoms with Gasteiger partial charge >= 0.3 is 6.18 Å². The van der Waals surface area contributed by atoms with Crippen molar-refractivity contribution in [1.82, 2.24) is 9.80 Å². The van der Waals surface area contributed by atoms with Crippen molar-refractivity contribution in [2.24, 2.45) is 5.92 Å². The summed E-state index contributed by atoms with van der Waals surface area (Å²) >= 11 is 0. The van der Waals surface area contributed by atoms with Crippen LogP contribution in [0.4, 0.5) is 18.9 Å². The first kappa shape index (κ1) is 17.6. The molecule has 1 atom stereocenters. The number of nitrogens with two attached hydrogens (primary N) is 1. The molecule has 1 unspecified atom stereocenters. The molecular formula is C16H22F3N3O. The number of nitrogen functional groups attached to an aromatic ring is 1. The standard InChI is InChI=1S/C16H22F3N3O/c1-2-21(11-16(17,18)19)9-12-7-8-22(10-12)15(23)13-5-3-4-6-14(13)20/h3-6,12H,2,7-11,20H2,1H3. The number of rotatable bonds is 5. The molecule has 1 amide bonds. The molecular weight excluding hydrogens is 307 g/mol. The predicted octanol–water partition coefficient (Wildman–Crippen LogP) is 2.62. The molecule has 1 aromatic carbocycles. The number of amides is 1. The van der Waals surface area contributed by atoms with Crippen LogP contribution in [0.3, 0.4) is 0 Å². The molecule has 1 saturated heterocycles. The van der Waals surface area contributed by atoms with Crippen molar-refractivity contribution < 1.29 is 18.0 Å². The lowest BCUT2D eigenvalue weighted by molar-refractivity contribution is -0.146. The average Bonchev–Trinajstić information content (AvgIpc) is 2.93. The van der Waals surface area contributed by atoms with E-state index in [0.29, 0.717) is 43.9 Å². The fourth-order valence-corrected chi connectivity index (χ4v) is 2.95. The summed E-state index contributed by atoms with van der Waals surface area (Å²) in [6.45, 7) is 2.54. The van der Waals surface area contributed by atoms with Crippen molar-refractivity contribution in [3.8, 4) is 0 Å². The zero-order valence-electron chi connectivity index (χ0n) is 13.1. The van der Waals surface area contributed by atoms with Crippen LogP contribution in [0.15, 0.2) is 24.3 Å². The summed E-state index contributed by atoms with van der Waals surface area (Å²) in [7, 11) is 0. The quantitative estimate of drug-likeness (QED) is 0.845. The number of nitrogens with zero attached hydrogens (tertiary/aromatic N) is 2. The topological polar surface area (TPSA) is 49.6 Å². The van der Waals surface area contributed by atoms with Crippen LogP contribution in [0.25, 0.3) is 0 Å². The molecule has 1 fully saturated rings. The van der Waals surface area contributed by atoms with Crippen molar-refractivity contribution in [2.75, 3.05) is 38.5 Å². The fourth-order valence-electron chi connectivity index (χ4n) is 2.95. The summed E-state index contributed by atoms with van der Waals surface area (Å²) in [6.07, 6.45) is -3.48. The largest absolute Gasteiger partial charge is 0.401 e. The summed E-state index contributed by atoms with van der Waals surface area (Å²) in [4.78, 5) is 15.5. The zero-order valence-corrected chi connectivity index (χ0v) is 13.1. The van der Waals surface area contributed by atoms with Crippen molar-refractivity contribution in [3.63, 3.8) is 0 Å². The van der Waals surface area contributed by atoms with Gasteiger partial charge in [0.2, 0.25) is 0 Å². The Labute approximate surface area is 134 Å². The van der Waals surface area contributed by atoms with Gasteiger partial charge in [-0.3, -0.25) is 9.69 Å². The van der Waals surface area contributed by atoms with Crippen molar-refractivity contribution in [1.29, 1.82) is 0 Å². The van der Waals surface area contributed by atoms with E-state index in [2.05, 4.69) is 0 Å². The Morgan fingerprint density at radius 1 is 1.39 bits per heavy atom. The predicted molar refractivity (Wildman–Crippen MR) is 83.0 cm³/mol. The minimum absolute atomic E-state index is 0.0613. The second-order valence-corrected chi connectivity index (χ2v) is 5.94. The molecule has 7 heteroatoms. The maximum atomic E-state index is 12.5. The molecule has 0 bridgehead atoms. The highest BCUT2D eigenvalue weighted by Crippen LogP contribution is 2.23. The van der Waals surface area contributed by atoms with Gasteiger partial charge < -0.3 is 10.6 Å². The number of halogens is 3. The number of alkyl halides is 3. The minimum Gasteiger partial charge on any atom is -0.398 e. The Hall–Kier alpha value is -1.76. The van der Waals surface area contributed by atoms with E-state index in [1.807, 2.05) is 0 Å². The minimum atomic E-state index is -4.19. The Balaban J connectivity index is 1.93. The third-order valence-corrected chi connectivity index (χ3v) is 4.13. The second-order valence-electron chi connectivity index (χ2n) is 5.94. The molecule has 4 nitrogen and oxygen atoms in total. The van der Waals surface area contributed by atoms with E-state index in [1.54, 1.807) is 36.1 Å². The number of carbonyl (C=O) groups is 1. The van der Waals surface area contributed by atoms with Gasteiger partial charge in [0.1, 0.15) is 0 Å². The van der Waals surface area contributed by atoms with Crippen LogP contribution in [0, 0.1) is 5.92 Å². The highest BCUT2D eigenvalue weighted by atomic mass is 19.4. The van der Waals surface area contributed by atoms with Crippen LogP contribution in [0.2, 0.25) is 0 Å². The highest BCUT2D eigenvalue weighted by Gasteiger charge is 2.33. The second kappa shape index (κ2) is 7.21. The molecule has 128 valence electrons. The summed E-state index contributed by atoms with van der Waals surface area (Å²) in [5.41, 5.74) is 6.69. The number of hydrogen-bond acceptors (Lipinski definition) is 3. The van der Waals surface area contributed by atoms with E-state index in [0.717, 1.165) is 0 Å². The first-order valence-corrected chi connectivity index (χ1v) is 7.73. The molecule has 0 radical (unpaired) electrons. The van der Waals surface area contributed by atoms with Gasteiger partial charge in [0.05, 0.1) is 12.1 Å². The summed E-state index contributed by atoms with van der Waals surface area (Å²) in [6, 6.07) is 6.85. The van der Waals surface area contributed by atoms with Gasteiger partial charge in [-0.1, -0.05) is 19.1 Å². The smallest absolute Gasteiger partial charge is 0.398 e. The van der Waals surface area contributed by atoms with Gasteiger partial charge in [-0.25, -0.2) is 0 Å². The molecule has 2 N–H and O–H groups in total. The Morgan fingerprint density at radius 2 is 2.09 bits per heavy atom. The first-order valence-electron chi connectivity index (χ1n) is 7.73. The van der Waals surface area contributed by atoms with Gasteiger partial charge in [-0.15, -0.1) is 0 Å². The fraction of sp³-hybridized carbons (Fsp3) is 0.562. The van der Waals surface area contributed by atoms with E-state index in [9.17, 15) is 18.0 Å². The molecule has 1 aliphatic heterocycles. The van der Waals surface area contributed by atoms with E-state index in [4.69, 9.17) is 5.73 Å². The van der Waals surface area contributed by atoms with Crippen molar-refractivity contribution in [3.05, 3.63) is 29.8 Å². The van der Waals surface area contributed by atoms with Crippen LogP contribution in [0.1, 0.15) is 23.7 Å². The monoisotopic (exact) mass is 329 g/mol. The molecule has 0 aromatic heterocycles. The van der Waals surface area contributed by atoms with Crippen LogP contribution in [-0.4, -0.2) is 54.6 Å².